The quantitative estimate of drug-likeness (QED) is 0.575. The Morgan fingerprint density at radius 1 is 1.31 bits per heavy atom. The van der Waals surface area contributed by atoms with Gasteiger partial charge in [0, 0.05) is 6.20 Å². The van der Waals surface area contributed by atoms with Crippen molar-refractivity contribution in [2.75, 3.05) is 7.11 Å². The van der Waals surface area contributed by atoms with Crippen LogP contribution in [0.1, 0.15) is 31.7 Å². The van der Waals surface area contributed by atoms with E-state index in [1.807, 2.05) is 16.8 Å². The Bertz CT molecular complexity index is 1230. The fourth-order valence-corrected chi connectivity index (χ4v) is 4.46. The number of hydrogen-bond acceptors (Lipinski definition) is 7. The Morgan fingerprint density at radius 3 is 2.84 bits per heavy atom. The van der Waals surface area contributed by atoms with Crippen LogP contribution in [0.25, 0.3) is 11.0 Å². The van der Waals surface area contributed by atoms with E-state index in [1.165, 1.54) is 25.6 Å². The highest BCUT2D eigenvalue weighted by atomic mass is 35.5. The summed E-state index contributed by atoms with van der Waals surface area (Å²) >= 11 is 5.79. The van der Waals surface area contributed by atoms with E-state index in [2.05, 4.69) is 15.1 Å². The van der Waals surface area contributed by atoms with Crippen molar-refractivity contribution in [2.24, 2.45) is 5.16 Å². The molecule has 11 heteroatoms. The lowest BCUT2D eigenvalue weighted by Gasteiger charge is -2.27. The van der Waals surface area contributed by atoms with Gasteiger partial charge < -0.3 is 33.7 Å². The van der Waals surface area contributed by atoms with Crippen molar-refractivity contribution in [3.63, 3.8) is 0 Å². The predicted molar refractivity (Wildman–Crippen MR) is 111 cm³/mol. The highest BCUT2D eigenvalue weighted by Crippen LogP contribution is 2.47. The lowest BCUT2D eigenvalue weighted by Crippen LogP contribution is -2.34. The molecular weight excluding hydrogens is 443 g/mol. The van der Waals surface area contributed by atoms with E-state index in [9.17, 15) is 9.50 Å². The van der Waals surface area contributed by atoms with Gasteiger partial charge in [0.25, 0.3) is 0 Å². The minimum Gasteiger partial charge on any atom is -0.397 e. The molecule has 2 aliphatic rings. The summed E-state index contributed by atoms with van der Waals surface area (Å²) in [5.74, 6) is -1.50. The Balaban J connectivity index is 1.55. The number of halogens is 2. The highest BCUT2D eigenvalue weighted by molar-refractivity contribution is 6.30. The summed E-state index contributed by atoms with van der Waals surface area (Å²) in [6.45, 7) is 3.60. The molecule has 1 unspecified atom stereocenters. The van der Waals surface area contributed by atoms with E-state index in [0.717, 1.165) is 5.39 Å². The number of ether oxygens (including phenoxy) is 3. The Kier molecular flexibility index (Phi) is 5.22. The highest BCUT2D eigenvalue weighted by Gasteiger charge is 2.58. The van der Waals surface area contributed by atoms with Crippen LogP contribution in [0.5, 0.6) is 0 Å². The molecule has 1 aromatic carbocycles. The van der Waals surface area contributed by atoms with Gasteiger partial charge in [-0.15, -0.1) is 0 Å². The fourth-order valence-electron chi connectivity index (χ4n) is 4.35. The van der Waals surface area contributed by atoms with Crippen LogP contribution in [-0.4, -0.2) is 50.9 Å². The van der Waals surface area contributed by atoms with Crippen molar-refractivity contribution in [2.45, 2.75) is 50.3 Å². The van der Waals surface area contributed by atoms with Crippen molar-refractivity contribution in [1.82, 2.24) is 14.5 Å². The second-order valence-corrected chi connectivity index (χ2v) is 8.57. The summed E-state index contributed by atoms with van der Waals surface area (Å²) < 4.78 is 34.3. The third-order valence-electron chi connectivity index (χ3n) is 5.66. The van der Waals surface area contributed by atoms with Gasteiger partial charge in [-0.1, -0.05) is 22.8 Å². The van der Waals surface area contributed by atoms with Crippen LogP contribution in [0.15, 0.2) is 41.9 Å². The number of fused-ring (bicyclic) bond motifs is 2. The summed E-state index contributed by atoms with van der Waals surface area (Å²) in [6, 6.07) is 5.99. The van der Waals surface area contributed by atoms with Crippen LogP contribution in [-0.2, 0) is 19.0 Å². The summed E-state index contributed by atoms with van der Waals surface area (Å²) in [7, 11) is 1.45. The first-order valence-corrected chi connectivity index (χ1v) is 10.4. The normalized spacial score (nSPS) is 28.2. The van der Waals surface area contributed by atoms with Gasteiger partial charge in [-0.2, -0.15) is 0 Å². The van der Waals surface area contributed by atoms with Gasteiger partial charge in [-0.05, 0) is 37.6 Å². The number of aromatic amines is 1. The molecule has 0 bridgehead atoms. The molecule has 4 heterocycles. The first kappa shape index (κ1) is 21.4. The molecule has 3 aromatic rings. The Labute approximate surface area is 187 Å². The van der Waals surface area contributed by atoms with E-state index < -0.39 is 42.2 Å². The molecule has 5 atom stereocenters. The second kappa shape index (κ2) is 7.82. The SMILES string of the molecule is CO/N=c1/nc[nH]c2c1ccn2[C@@H]1O[C@H](C(O)c2ccc(Cl)c(F)c2)[C@H]2OC(C)(C)O[C@H]21. The number of hydrogen-bond donors (Lipinski definition) is 2. The van der Waals surface area contributed by atoms with Gasteiger partial charge in [-0.3, -0.25) is 0 Å². The molecule has 0 saturated carbocycles. The van der Waals surface area contributed by atoms with E-state index in [4.69, 9.17) is 30.6 Å². The minimum absolute atomic E-state index is 0.0224. The van der Waals surface area contributed by atoms with Crippen molar-refractivity contribution in [3.8, 4) is 0 Å². The number of aliphatic hydroxyl groups is 1. The maximum atomic E-state index is 14.0. The van der Waals surface area contributed by atoms with Crippen LogP contribution in [0, 0.1) is 5.82 Å². The van der Waals surface area contributed by atoms with Crippen LogP contribution < -0.4 is 5.49 Å². The van der Waals surface area contributed by atoms with Gasteiger partial charge >= 0.3 is 0 Å². The van der Waals surface area contributed by atoms with E-state index in [0.29, 0.717) is 16.7 Å². The topological polar surface area (TPSA) is 103 Å². The first-order chi connectivity index (χ1) is 15.3. The third kappa shape index (κ3) is 3.48. The maximum Gasteiger partial charge on any atom is 0.203 e. The molecule has 2 aromatic heterocycles. The van der Waals surface area contributed by atoms with Crippen LogP contribution in [0.3, 0.4) is 0 Å². The molecule has 0 spiro atoms. The molecule has 2 N–H and O–H groups in total. The molecule has 5 rings (SSSR count). The average molecular weight is 465 g/mol. The molecule has 0 amide bonds. The van der Waals surface area contributed by atoms with E-state index in [-0.39, 0.29) is 5.02 Å². The number of aliphatic hydroxyl groups excluding tert-OH is 1. The summed E-state index contributed by atoms with van der Waals surface area (Å²) in [5.41, 5.74) is 1.42. The number of rotatable bonds is 4. The Morgan fingerprint density at radius 2 is 2.09 bits per heavy atom. The molecule has 2 saturated heterocycles. The summed E-state index contributed by atoms with van der Waals surface area (Å²) in [4.78, 5) is 12.2. The molecule has 2 aliphatic heterocycles. The zero-order valence-corrected chi connectivity index (χ0v) is 18.3. The van der Waals surface area contributed by atoms with Crippen LogP contribution >= 0.6 is 11.6 Å². The van der Waals surface area contributed by atoms with Crippen molar-refractivity contribution in [3.05, 3.63) is 58.7 Å². The van der Waals surface area contributed by atoms with E-state index >= 15 is 0 Å². The number of benzene rings is 1. The van der Waals surface area contributed by atoms with Gasteiger partial charge in [0.05, 0.1) is 16.7 Å². The lowest BCUT2D eigenvalue weighted by atomic mass is 9.99. The number of nitrogens with one attached hydrogen (secondary N) is 1. The van der Waals surface area contributed by atoms with Gasteiger partial charge in [-0.25, -0.2) is 9.37 Å². The van der Waals surface area contributed by atoms with Crippen molar-refractivity contribution < 1.29 is 28.5 Å². The zero-order chi connectivity index (χ0) is 22.6. The first-order valence-electron chi connectivity index (χ1n) is 10.0. The third-order valence-corrected chi connectivity index (χ3v) is 5.96. The van der Waals surface area contributed by atoms with E-state index in [1.54, 1.807) is 19.9 Å². The van der Waals surface area contributed by atoms with Gasteiger partial charge in [0.1, 0.15) is 43.0 Å². The lowest BCUT2D eigenvalue weighted by molar-refractivity contribution is -0.207. The number of H-pyrrole nitrogens is 1. The molecule has 32 heavy (non-hydrogen) atoms. The average Bonchev–Trinajstić information content (AvgIpc) is 3.41. The van der Waals surface area contributed by atoms with Crippen molar-refractivity contribution in [1.29, 1.82) is 0 Å². The summed E-state index contributed by atoms with van der Waals surface area (Å²) in [6.07, 6.45) is -0.414. The van der Waals surface area contributed by atoms with Gasteiger partial charge in [0.2, 0.25) is 5.49 Å². The molecule has 0 radical (unpaired) electrons. The van der Waals surface area contributed by atoms with Gasteiger partial charge in [0.15, 0.2) is 12.0 Å². The monoisotopic (exact) mass is 464 g/mol. The number of aromatic nitrogens is 3. The zero-order valence-electron chi connectivity index (χ0n) is 17.5. The molecule has 170 valence electrons. The van der Waals surface area contributed by atoms with Crippen LogP contribution in [0.2, 0.25) is 5.02 Å². The second-order valence-electron chi connectivity index (χ2n) is 8.16. The summed E-state index contributed by atoms with van der Waals surface area (Å²) in [5, 5.41) is 15.7. The molecular formula is C21H22ClFN4O5. The fraction of sp³-hybridized carbons (Fsp3) is 0.429. The minimum atomic E-state index is -1.16. The van der Waals surface area contributed by atoms with Crippen molar-refractivity contribution >= 4 is 22.6 Å². The number of nitrogens with zero attached hydrogens (tertiary/aromatic N) is 3. The molecule has 2 fully saturated rings. The van der Waals surface area contributed by atoms with Crippen LogP contribution in [0.4, 0.5) is 4.39 Å². The molecule has 0 aliphatic carbocycles. The smallest absolute Gasteiger partial charge is 0.203 e. The Hall–Kier alpha value is -2.50. The predicted octanol–water partition coefficient (Wildman–Crippen LogP) is 2.77. The standard InChI is InChI=1S/C21H22ClFN4O5/c1-21(2)31-16-15(14(28)10-4-5-12(22)13(23)8-10)30-20(17(16)32-21)27-7-6-11-18(26-29-3)24-9-25-19(11)27/h4-9,14-17,20,28H,1-3H3,(H,24,25,26)/t14?,15-,16-,17-,20-/m1/s1. The molecule has 9 nitrogen and oxygen atoms in total. The largest absolute Gasteiger partial charge is 0.397 e. The maximum absolute atomic E-state index is 14.0.